The van der Waals surface area contributed by atoms with E-state index in [9.17, 15) is 4.79 Å². The summed E-state index contributed by atoms with van der Waals surface area (Å²) in [7, 11) is 1.97. The SMILES string of the molecule is Cn1cc(/C=C2/Oc3cc(OCC#N)ccc3C2=O)c2ccccc21. The summed E-state index contributed by atoms with van der Waals surface area (Å²) in [6.07, 6.45) is 3.74. The van der Waals surface area contributed by atoms with Crippen LogP contribution in [0.1, 0.15) is 15.9 Å². The van der Waals surface area contributed by atoms with E-state index in [2.05, 4.69) is 0 Å². The zero-order valence-corrected chi connectivity index (χ0v) is 13.5. The molecule has 1 aliphatic rings. The maximum atomic E-state index is 12.6. The average molecular weight is 330 g/mol. The zero-order valence-electron chi connectivity index (χ0n) is 13.5. The monoisotopic (exact) mass is 330 g/mol. The zero-order chi connectivity index (χ0) is 17.4. The highest BCUT2D eigenvalue weighted by molar-refractivity contribution is 6.15. The number of rotatable bonds is 3. The summed E-state index contributed by atoms with van der Waals surface area (Å²) in [4.78, 5) is 12.6. The summed E-state index contributed by atoms with van der Waals surface area (Å²) in [5.41, 5.74) is 2.51. The summed E-state index contributed by atoms with van der Waals surface area (Å²) in [5.74, 6) is 1.07. The van der Waals surface area contributed by atoms with Crippen molar-refractivity contribution >= 4 is 22.8 Å². The van der Waals surface area contributed by atoms with E-state index >= 15 is 0 Å². The molecule has 25 heavy (non-hydrogen) atoms. The van der Waals surface area contributed by atoms with E-state index in [-0.39, 0.29) is 18.1 Å². The number of allylic oxidation sites excluding steroid dienone is 1. The molecule has 0 unspecified atom stereocenters. The van der Waals surface area contributed by atoms with Crippen LogP contribution in [0.3, 0.4) is 0 Å². The number of ether oxygens (including phenoxy) is 2. The van der Waals surface area contributed by atoms with Crippen molar-refractivity contribution in [3.05, 3.63) is 65.5 Å². The minimum absolute atomic E-state index is 0.0502. The molecule has 0 fully saturated rings. The first-order valence-corrected chi connectivity index (χ1v) is 7.79. The number of aromatic nitrogens is 1. The molecule has 0 spiro atoms. The summed E-state index contributed by atoms with van der Waals surface area (Å²) in [5, 5.41) is 9.64. The van der Waals surface area contributed by atoms with Crippen LogP contribution in [0.25, 0.3) is 17.0 Å². The Morgan fingerprint density at radius 2 is 2.12 bits per heavy atom. The van der Waals surface area contributed by atoms with Gasteiger partial charge in [0.25, 0.3) is 0 Å². The molecule has 1 aliphatic heterocycles. The molecular formula is C20H14N2O3. The third-order valence-corrected chi connectivity index (χ3v) is 4.16. The lowest BCUT2D eigenvalue weighted by molar-refractivity contribution is 0.101. The highest BCUT2D eigenvalue weighted by Crippen LogP contribution is 2.35. The van der Waals surface area contributed by atoms with E-state index in [1.54, 1.807) is 24.3 Å². The lowest BCUT2D eigenvalue weighted by atomic mass is 10.1. The molecule has 0 radical (unpaired) electrons. The van der Waals surface area contributed by atoms with Gasteiger partial charge in [0, 0.05) is 35.8 Å². The lowest BCUT2D eigenvalue weighted by Crippen LogP contribution is -1.97. The van der Waals surface area contributed by atoms with Crippen LogP contribution < -0.4 is 9.47 Å². The maximum absolute atomic E-state index is 12.6. The standard InChI is InChI=1S/C20H14N2O3/c1-22-12-13(15-4-2-3-5-17(15)22)10-19-20(23)16-7-6-14(24-9-8-21)11-18(16)25-19/h2-7,10-12H,9H2,1H3/b19-10+. The largest absolute Gasteiger partial charge is 0.479 e. The van der Waals surface area contributed by atoms with Gasteiger partial charge in [0.1, 0.15) is 17.6 Å². The number of para-hydroxylation sites is 1. The summed E-state index contributed by atoms with van der Waals surface area (Å²) >= 11 is 0. The van der Waals surface area contributed by atoms with Crippen molar-refractivity contribution in [2.75, 3.05) is 6.61 Å². The van der Waals surface area contributed by atoms with Gasteiger partial charge in [0.15, 0.2) is 12.4 Å². The van der Waals surface area contributed by atoms with Crippen molar-refractivity contribution in [1.82, 2.24) is 4.57 Å². The van der Waals surface area contributed by atoms with Crippen molar-refractivity contribution in [3.8, 4) is 17.6 Å². The molecule has 4 rings (SSSR count). The van der Waals surface area contributed by atoms with Gasteiger partial charge >= 0.3 is 0 Å². The van der Waals surface area contributed by atoms with Gasteiger partial charge in [-0.15, -0.1) is 0 Å². The fourth-order valence-electron chi connectivity index (χ4n) is 3.00. The number of hydrogen-bond acceptors (Lipinski definition) is 4. The van der Waals surface area contributed by atoms with Gasteiger partial charge in [-0.2, -0.15) is 5.26 Å². The quantitative estimate of drug-likeness (QED) is 0.687. The molecule has 0 amide bonds. The normalized spacial score (nSPS) is 14.4. The van der Waals surface area contributed by atoms with Gasteiger partial charge in [-0.05, 0) is 24.3 Å². The maximum Gasteiger partial charge on any atom is 0.231 e. The van der Waals surface area contributed by atoms with Gasteiger partial charge < -0.3 is 14.0 Å². The van der Waals surface area contributed by atoms with Crippen LogP contribution in [0.5, 0.6) is 11.5 Å². The summed E-state index contributed by atoms with van der Waals surface area (Å²) in [6, 6.07) is 14.9. The first kappa shape index (κ1) is 15.0. The number of nitriles is 1. The molecule has 2 aromatic carbocycles. The fourth-order valence-corrected chi connectivity index (χ4v) is 3.00. The van der Waals surface area contributed by atoms with Crippen LogP contribution in [-0.4, -0.2) is 17.0 Å². The van der Waals surface area contributed by atoms with Crippen LogP contribution in [-0.2, 0) is 7.05 Å². The second-order valence-electron chi connectivity index (χ2n) is 5.76. The molecule has 0 N–H and O–H groups in total. The molecule has 0 bridgehead atoms. The molecule has 0 saturated carbocycles. The van der Waals surface area contributed by atoms with E-state index < -0.39 is 0 Å². The lowest BCUT2D eigenvalue weighted by Gasteiger charge is -2.02. The van der Waals surface area contributed by atoms with E-state index in [0.717, 1.165) is 16.5 Å². The Labute approximate surface area is 144 Å². The Bertz CT molecular complexity index is 1070. The Hall–Kier alpha value is -3.52. The van der Waals surface area contributed by atoms with Gasteiger partial charge in [0.05, 0.1) is 5.56 Å². The van der Waals surface area contributed by atoms with Crippen molar-refractivity contribution < 1.29 is 14.3 Å². The molecule has 122 valence electrons. The number of Topliss-reactive ketones (excluding diaryl/α,β-unsaturated/α-hetero) is 1. The second-order valence-corrected chi connectivity index (χ2v) is 5.76. The molecule has 5 heteroatoms. The van der Waals surface area contributed by atoms with Crippen LogP contribution in [0.15, 0.2) is 54.4 Å². The topological polar surface area (TPSA) is 64.2 Å². The number of ketones is 1. The van der Waals surface area contributed by atoms with Gasteiger partial charge in [-0.25, -0.2) is 0 Å². The highest BCUT2D eigenvalue weighted by atomic mass is 16.5. The summed E-state index contributed by atoms with van der Waals surface area (Å²) in [6.45, 7) is -0.0502. The van der Waals surface area contributed by atoms with Crippen LogP contribution in [0.2, 0.25) is 0 Å². The van der Waals surface area contributed by atoms with Crippen molar-refractivity contribution in [1.29, 1.82) is 5.26 Å². The molecule has 5 nitrogen and oxygen atoms in total. The number of nitrogens with zero attached hydrogens (tertiary/aromatic N) is 2. The minimum atomic E-state index is -0.158. The van der Waals surface area contributed by atoms with Crippen molar-refractivity contribution in [2.24, 2.45) is 7.05 Å². The number of hydrogen-bond donors (Lipinski definition) is 0. The van der Waals surface area contributed by atoms with Gasteiger partial charge in [-0.3, -0.25) is 4.79 Å². The molecule has 0 aliphatic carbocycles. The number of carbonyl (C=O) groups excluding carboxylic acids is 1. The third-order valence-electron chi connectivity index (χ3n) is 4.16. The van der Waals surface area contributed by atoms with E-state index in [1.165, 1.54) is 0 Å². The molecule has 2 heterocycles. The molecule has 0 saturated heterocycles. The number of benzene rings is 2. The molecular weight excluding hydrogens is 316 g/mol. The fraction of sp³-hybridized carbons (Fsp3) is 0.100. The first-order valence-electron chi connectivity index (χ1n) is 7.79. The van der Waals surface area contributed by atoms with Crippen molar-refractivity contribution in [2.45, 2.75) is 0 Å². The average Bonchev–Trinajstić information content (AvgIpc) is 3.11. The number of carbonyl (C=O) groups is 1. The van der Waals surface area contributed by atoms with E-state index in [0.29, 0.717) is 17.1 Å². The first-order chi connectivity index (χ1) is 12.2. The summed E-state index contributed by atoms with van der Waals surface area (Å²) < 4.78 is 13.0. The predicted octanol–water partition coefficient (Wildman–Crippen LogP) is 3.70. The Balaban J connectivity index is 1.71. The second kappa shape index (κ2) is 5.84. The van der Waals surface area contributed by atoms with Gasteiger partial charge in [0.2, 0.25) is 5.78 Å². The van der Waals surface area contributed by atoms with Crippen LogP contribution in [0, 0.1) is 11.3 Å². The van der Waals surface area contributed by atoms with Crippen LogP contribution in [0.4, 0.5) is 0 Å². The highest BCUT2D eigenvalue weighted by Gasteiger charge is 2.28. The Morgan fingerprint density at radius 1 is 1.28 bits per heavy atom. The van der Waals surface area contributed by atoms with E-state index in [4.69, 9.17) is 14.7 Å². The Kier molecular flexibility index (Phi) is 3.51. The predicted molar refractivity (Wildman–Crippen MR) is 93.4 cm³/mol. The van der Waals surface area contributed by atoms with Gasteiger partial charge in [-0.1, -0.05) is 18.2 Å². The molecule has 0 atom stereocenters. The van der Waals surface area contributed by atoms with Crippen molar-refractivity contribution in [3.63, 3.8) is 0 Å². The number of fused-ring (bicyclic) bond motifs is 2. The Morgan fingerprint density at radius 3 is 2.96 bits per heavy atom. The molecule has 1 aromatic heterocycles. The third kappa shape index (κ3) is 2.54. The van der Waals surface area contributed by atoms with E-state index in [1.807, 2.05) is 48.1 Å². The van der Waals surface area contributed by atoms with Crippen LogP contribution >= 0.6 is 0 Å². The molecule has 3 aromatic rings. The minimum Gasteiger partial charge on any atom is -0.479 e. The smallest absolute Gasteiger partial charge is 0.231 e. The number of aryl methyl sites for hydroxylation is 1.